The summed E-state index contributed by atoms with van der Waals surface area (Å²) in [4.78, 5) is 0. The maximum Gasteiger partial charge on any atom is 0.146 e. The summed E-state index contributed by atoms with van der Waals surface area (Å²) in [6, 6.07) is 29.9. The molecule has 3 rings (SSSR count). The molecule has 0 bridgehead atoms. The van der Waals surface area contributed by atoms with Crippen molar-refractivity contribution in [1.29, 1.82) is 0 Å². The zero-order valence-corrected chi connectivity index (χ0v) is 14.7. The number of rotatable bonds is 5. The van der Waals surface area contributed by atoms with E-state index in [-0.39, 0.29) is 0 Å². The predicted octanol–water partition coefficient (Wildman–Crippen LogP) is 5.10. The molecule has 24 heavy (non-hydrogen) atoms. The molecule has 0 aliphatic rings. The lowest BCUT2D eigenvalue weighted by molar-refractivity contribution is 0.588. The van der Waals surface area contributed by atoms with Gasteiger partial charge in [0.1, 0.15) is 7.14 Å². The van der Waals surface area contributed by atoms with Gasteiger partial charge < -0.3 is 4.57 Å². The zero-order chi connectivity index (χ0) is 16.8. The van der Waals surface area contributed by atoms with Gasteiger partial charge in [0.05, 0.1) is 0 Å². The van der Waals surface area contributed by atoms with Crippen LogP contribution < -0.4 is 10.6 Å². The Labute approximate surface area is 144 Å². The summed E-state index contributed by atoms with van der Waals surface area (Å²) in [5.74, 6) is 0. The van der Waals surface area contributed by atoms with Crippen LogP contribution in [0.3, 0.4) is 0 Å². The molecule has 0 heterocycles. The molecule has 0 amide bonds. The largest absolute Gasteiger partial charge is 0.313 e. The Morgan fingerprint density at radius 3 is 1.62 bits per heavy atom. The Balaban J connectivity index is 1.99. The normalized spacial score (nSPS) is 12.1. The molecule has 0 aliphatic carbocycles. The van der Waals surface area contributed by atoms with Crippen LogP contribution in [0, 0.1) is 0 Å². The van der Waals surface area contributed by atoms with Crippen LogP contribution in [0.25, 0.3) is 5.57 Å². The highest BCUT2D eigenvalue weighted by molar-refractivity contribution is 7.78. The monoisotopic (exact) mass is 332 g/mol. The maximum absolute atomic E-state index is 13.9. The molecule has 0 radical (unpaired) electrons. The number of allylic oxidation sites excluding steroid dienone is 2. The fourth-order valence-electron chi connectivity index (χ4n) is 2.78. The third-order valence-electron chi connectivity index (χ3n) is 4.23. The molecule has 0 saturated carbocycles. The van der Waals surface area contributed by atoms with Gasteiger partial charge in [0.15, 0.2) is 0 Å². The third-order valence-corrected chi connectivity index (χ3v) is 7.19. The SMILES string of the molecule is C/C(=C\CP(=O)(c1ccccc1)c1ccccc1)c1ccccc1. The van der Waals surface area contributed by atoms with Crippen molar-refractivity contribution in [2.75, 3.05) is 6.16 Å². The van der Waals surface area contributed by atoms with Crippen molar-refractivity contribution >= 4 is 23.3 Å². The van der Waals surface area contributed by atoms with Crippen LogP contribution in [0.1, 0.15) is 12.5 Å². The Morgan fingerprint density at radius 1 is 0.750 bits per heavy atom. The summed E-state index contributed by atoms with van der Waals surface area (Å²) in [5, 5.41) is 1.82. The lowest BCUT2D eigenvalue weighted by Gasteiger charge is -2.18. The Morgan fingerprint density at radius 2 is 1.17 bits per heavy atom. The van der Waals surface area contributed by atoms with E-state index in [9.17, 15) is 4.57 Å². The van der Waals surface area contributed by atoms with E-state index in [1.807, 2.05) is 78.9 Å². The summed E-state index contributed by atoms with van der Waals surface area (Å²) >= 11 is 0. The maximum atomic E-state index is 13.9. The van der Waals surface area contributed by atoms with Crippen LogP contribution >= 0.6 is 7.14 Å². The van der Waals surface area contributed by atoms with Crippen LogP contribution in [0.2, 0.25) is 0 Å². The van der Waals surface area contributed by atoms with E-state index in [1.165, 1.54) is 5.56 Å². The molecule has 2 heteroatoms. The van der Waals surface area contributed by atoms with E-state index in [2.05, 4.69) is 25.1 Å². The zero-order valence-electron chi connectivity index (χ0n) is 13.8. The van der Waals surface area contributed by atoms with Gasteiger partial charge in [-0.3, -0.25) is 0 Å². The molecule has 120 valence electrons. The van der Waals surface area contributed by atoms with Crippen molar-refractivity contribution < 1.29 is 4.57 Å². The molecule has 0 unspecified atom stereocenters. The highest BCUT2D eigenvalue weighted by atomic mass is 31.2. The minimum atomic E-state index is -2.67. The first-order valence-corrected chi connectivity index (χ1v) is 10.0. The highest BCUT2D eigenvalue weighted by Crippen LogP contribution is 2.43. The molecule has 3 aromatic rings. The Kier molecular flexibility index (Phi) is 5.13. The minimum Gasteiger partial charge on any atom is -0.313 e. The fraction of sp³-hybridized carbons (Fsp3) is 0.0909. The molecule has 1 nitrogen and oxygen atoms in total. The third kappa shape index (κ3) is 3.58. The average Bonchev–Trinajstić information content (AvgIpc) is 2.68. The van der Waals surface area contributed by atoms with Crippen molar-refractivity contribution in [2.45, 2.75) is 6.92 Å². The first-order chi connectivity index (χ1) is 11.7. The van der Waals surface area contributed by atoms with Gasteiger partial charge in [-0.2, -0.15) is 0 Å². The smallest absolute Gasteiger partial charge is 0.146 e. The molecule has 0 atom stereocenters. The minimum absolute atomic E-state index is 0.530. The summed E-state index contributed by atoms with van der Waals surface area (Å²) in [6.07, 6.45) is 2.64. The van der Waals surface area contributed by atoms with Gasteiger partial charge in [-0.05, 0) is 18.1 Å². The Hall–Kier alpha value is -2.37. The predicted molar refractivity (Wildman–Crippen MR) is 105 cm³/mol. The van der Waals surface area contributed by atoms with Crippen LogP contribution in [-0.2, 0) is 4.57 Å². The van der Waals surface area contributed by atoms with E-state index in [1.54, 1.807) is 0 Å². The first-order valence-electron chi connectivity index (χ1n) is 8.12. The summed E-state index contributed by atoms with van der Waals surface area (Å²) in [6.45, 7) is 2.08. The van der Waals surface area contributed by atoms with Crippen molar-refractivity contribution in [3.05, 3.63) is 103 Å². The molecule has 3 aromatic carbocycles. The van der Waals surface area contributed by atoms with E-state index < -0.39 is 7.14 Å². The molecular weight excluding hydrogens is 311 g/mol. The van der Waals surface area contributed by atoms with Crippen LogP contribution in [0.15, 0.2) is 97.1 Å². The topological polar surface area (TPSA) is 17.1 Å². The molecular formula is C22H21OP. The van der Waals surface area contributed by atoms with E-state index in [0.29, 0.717) is 6.16 Å². The fourth-order valence-corrected chi connectivity index (χ4v) is 5.34. The van der Waals surface area contributed by atoms with E-state index in [4.69, 9.17) is 0 Å². The molecule has 0 aliphatic heterocycles. The second-order valence-electron chi connectivity index (χ2n) is 5.85. The summed E-state index contributed by atoms with van der Waals surface area (Å²) in [7, 11) is -2.67. The molecule has 0 N–H and O–H groups in total. The summed E-state index contributed by atoms with van der Waals surface area (Å²) in [5.41, 5.74) is 2.33. The van der Waals surface area contributed by atoms with Crippen molar-refractivity contribution in [3.8, 4) is 0 Å². The Bertz CT molecular complexity index is 809. The van der Waals surface area contributed by atoms with Crippen LogP contribution in [-0.4, -0.2) is 6.16 Å². The average molecular weight is 332 g/mol. The van der Waals surface area contributed by atoms with Gasteiger partial charge in [-0.25, -0.2) is 0 Å². The van der Waals surface area contributed by atoms with Gasteiger partial charge >= 0.3 is 0 Å². The van der Waals surface area contributed by atoms with Crippen molar-refractivity contribution in [2.24, 2.45) is 0 Å². The number of benzene rings is 3. The molecule has 0 aromatic heterocycles. The van der Waals surface area contributed by atoms with Crippen molar-refractivity contribution in [1.82, 2.24) is 0 Å². The second kappa shape index (κ2) is 7.47. The second-order valence-corrected chi connectivity index (χ2v) is 8.72. The standard InChI is InChI=1S/C22H21OP/c1-19(20-11-5-2-6-12-20)17-18-24(23,21-13-7-3-8-14-21)22-15-9-4-10-16-22/h2-17H,18H2,1H3/b19-17+. The lowest BCUT2D eigenvalue weighted by atomic mass is 10.1. The molecule has 0 spiro atoms. The van der Waals surface area contributed by atoms with Gasteiger partial charge in [0.2, 0.25) is 0 Å². The number of hydrogen-bond donors (Lipinski definition) is 0. The highest BCUT2D eigenvalue weighted by Gasteiger charge is 2.25. The molecule has 0 saturated heterocycles. The van der Waals surface area contributed by atoms with E-state index in [0.717, 1.165) is 16.2 Å². The number of hydrogen-bond acceptors (Lipinski definition) is 1. The van der Waals surface area contributed by atoms with Crippen molar-refractivity contribution in [3.63, 3.8) is 0 Å². The van der Waals surface area contributed by atoms with Gasteiger partial charge in [-0.1, -0.05) is 97.1 Å². The molecule has 0 fully saturated rings. The quantitative estimate of drug-likeness (QED) is 0.594. The van der Waals surface area contributed by atoms with Crippen LogP contribution in [0.5, 0.6) is 0 Å². The first kappa shape index (κ1) is 16.5. The van der Waals surface area contributed by atoms with Gasteiger partial charge in [0.25, 0.3) is 0 Å². The lowest BCUT2D eigenvalue weighted by Crippen LogP contribution is -2.17. The summed E-state index contributed by atoms with van der Waals surface area (Å²) < 4.78 is 13.9. The van der Waals surface area contributed by atoms with Gasteiger partial charge in [0, 0.05) is 16.8 Å². The van der Waals surface area contributed by atoms with Gasteiger partial charge in [-0.15, -0.1) is 0 Å². The van der Waals surface area contributed by atoms with E-state index >= 15 is 0 Å². The van der Waals surface area contributed by atoms with Crippen LogP contribution in [0.4, 0.5) is 0 Å².